The van der Waals surface area contributed by atoms with Crippen LogP contribution < -0.4 is 5.32 Å². The van der Waals surface area contributed by atoms with E-state index in [1.807, 2.05) is 19.5 Å². The first-order valence-corrected chi connectivity index (χ1v) is 10.9. The third-order valence-electron chi connectivity index (χ3n) is 6.62. The summed E-state index contributed by atoms with van der Waals surface area (Å²) in [4.78, 5) is 11.2. The van der Waals surface area contributed by atoms with Crippen LogP contribution in [0.15, 0.2) is 51.8 Å². The summed E-state index contributed by atoms with van der Waals surface area (Å²) in [6.07, 6.45) is 14.5. The van der Waals surface area contributed by atoms with E-state index in [-0.39, 0.29) is 6.04 Å². The number of allylic oxidation sites excluding steroid dienone is 2. The van der Waals surface area contributed by atoms with Gasteiger partial charge in [-0.05, 0) is 70.1 Å². The molecular weight excluding hydrogens is 384 g/mol. The molecule has 1 saturated carbocycles. The van der Waals surface area contributed by atoms with E-state index in [9.17, 15) is 0 Å². The van der Waals surface area contributed by atoms with Crippen molar-refractivity contribution in [3.63, 3.8) is 0 Å². The van der Waals surface area contributed by atoms with Crippen molar-refractivity contribution in [2.75, 3.05) is 0 Å². The monoisotopic (exact) mass is 410 g/mol. The third kappa shape index (κ3) is 3.44. The molecule has 2 aliphatic heterocycles. The van der Waals surface area contributed by atoms with Crippen LogP contribution in [0.3, 0.4) is 0 Å². The Balaban J connectivity index is 1.30. The molecule has 6 nitrogen and oxygen atoms in total. The summed E-state index contributed by atoms with van der Waals surface area (Å²) in [5.41, 5.74) is 3.73. The van der Waals surface area contributed by atoms with Gasteiger partial charge in [0, 0.05) is 34.7 Å². The lowest BCUT2D eigenvalue weighted by Crippen LogP contribution is -2.38. The van der Waals surface area contributed by atoms with Crippen molar-refractivity contribution < 1.29 is 0 Å². The molecule has 5 rings (SSSR count). The van der Waals surface area contributed by atoms with Gasteiger partial charge in [-0.15, -0.1) is 0 Å². The summed E-state index contributed by atoms with van der Waals surface area (Å²) >= 11 is 6.29. The first-order chi connectivity index (χ1) is 14.1. The van der Waals surface area contributed by atoms with Crippen LogP contribution in [-0.4, -0.2) is 38.3 Å². The molecule has 0 saturated heterocycles. The number of nitrogens with zero attached hydrogens (tertiary/aromatic N) is 5. The van der Waals surface area contributed by atoms with Gasteiger partial charge in [0.2, 0.25) is 0 Å². The van der Waals surface area contributed by atoms with Gasteiger partial charge in [0.25, 0.3) is 0 Å². The summed E-state index contributed by atoms with van der Waals surface area (Å²) in [6, 6.07) is 2.77. The average Bonchev–Trinajstić information content (AvgIpc) is 3.10. The number of halogens is 1. The van der Waals surface area contributed by atoms with Crippen LogP contribution in [0.4, 0.5) is 0 Å². The number of hydrogen-bond acceptors (Lipinski definition) is 6. The second-order valence-electron chi connectivity index (χ2n) is 8.37. The van der Waals surface area contributed by atoms with Gasteiger partial charge >= 0.3 is 0 Å². The number of rotatable bonds is 2. The topological polar surface area (TPSA) is 56.7 Å². The van der Waals surface area contributed by atoms with Crippen LogP contribution in [0.2, 0.25) is 0 Å². The predicted octanol–water partition coefficient (Wildman–Crippen LogP) is 4.33. The molecular formula is C22H27ClN6. The Morgan fingerprint density at radius 2 is 2.00 bits per heavy atom. The minimum Gasteiger partial charge on any atom is -0.358 e. The number of fused-ring (bicyclic) bond motifs is 1. The average molecular weight is 411 g/mol. The van der Waals surface area contributed by atoms with Gasteiger partial charge in [-0.1, -0.05) is 11.6 Å². The van der Waals surface area contributed by atoms with Crippen LogP contribution in [0.1, 0.15) is 62.9 Å². The highest BCUT2D eigenvalue weighted by molar-refractivity contribution is 6.29. The van der Waals surface area contributed by atoms with E-state index in [2.05, 4.69) is 50.5 Å². The molecule has 1 aromatic heterocycles. The Bertz CT molecular complexity index is 925. The normalized spacial score (nSPS) is 29.0. The van der Waals surface area contributed by atoms with E-state index in [1.165, 1.54) is 11.3 Å². The van der Waals surface area contributed by atoms with Crippen LogP contribution in [0.5, 0.6) is 0 Å². The van der Waals surface area contributed by atoms with E-state index >= 15 is 0 Å². The van der Waals surface area contributed by atoms with E-state index in [4.69, 9.17) is 16.7 Å². The summed E-state index contributed by atoms with van der Waals surface area (Å²) in [6.45, 7) is 4.22. The second kappa shape index (κ2) is 7.48. The van der Waals surface area contributed by atoms with E-state index < -0.39 is 0 Å². The summed E-state index contributed by atoms with van der Waals surface area (Å²) in [7, 11) is 0. The summed E-state index contributed by atoms with van der Waals surface area (Å²) in [5, 5.41) is 11.4. The summed E-state index contributed by atoms with van der Waals surface area (Å²) in [5.74, 6) is 2.52. The molecule has 152 valence electrons. The molecule has 29 heavy (non-hydrogen) atoms. The number of nitrogens with one attached hydrogen (secondary N) is 1. The van der Waals surface area contributed by atoms with Gasteiger partial charge in [-0.3, -0.25) is 0 Å². The lowest BCUT2D eigenvalue weighted by Gasteiger charge is -2.35. The molecule has 0 radical (unpaired) electrons. The molecule has 1 unspecified atom stereocenters. The first-order valence-electron chi connectivity index (χ1n) is 10.6. The number of hydrazone groups is 1. The lowest BCUT2D eigenvalue weighted by molar-refractivity contribution is 0.177. The summed E-state index contributed by atoms with van der Waals surface area (Å²) < 4.78 is 0. The molecule has 1 aromatic rings. The Hall–Kier alpha value is -2.34. The fourth-order valence-electron chi connectivity index (χ4n) is 4.98. The minimum absolute atomic E-state index is 0.279. The zero-order valence-corrected chi connectivity index (χ0v) is 17.7. The van der Waals surface area contributed by atoms with Gasteiger partial charge in [0.05, 0.1) is 12.1 Å². The van der Waals surface area contributed by atoms with Crippen LogP contribution in [0.25, 0.3) is 0 Å². The minimum atomic E-state index is 0.279. The molecule has 7 heteroatoms. The molecule has 0 aromatic carbocycles. The number of aromatic nitrogens is 2. The smallest absolute Gasteiger partial charge is 0.147 e. The van der Waals surface area contributed by atoms with Crippen molar-refractivity contribution in [1.29, 1.82) is 0 Å². The maximum Gasteiger partial charge on any atom is 0.147 e. The van der Waals surface area contributed by atoms with Crippen molar-refractivity contribution in [3.8, 4) is 0 Å². The van der Waals surface area contributed by atoms with Crippen molar-refractivity contribution in [2.45, 2.75) is 70.4 Å². The van der Waals surface area contributed by atoms with Gasteiger partial charge in [0.15, 0.2) is 0 Å². The fourth-order valence-corrected chi connectivity index (χ4v) is 5.18. The molecule has 2 aliphatic carbocycles. The highest BCUT2D eigenvalue weighted by Crippen LogP contribution is 2.39. The van der Waals surface area contributed by atoms with Gasteiger partial charge < -0.3 is 10.2 Å². The standard InChI is InChI=1S/C22H27ClN6/c1-14-19-8-5-17(23)11-21(19)25-12-22-28(14)13-26-29(22)18-6-3-16(4-7-18)20-9-10-24-15(2)27-20/h9-14,16,18,25H,3-8H2,1-2H3/t14?,16-,18-. The van der Waals surface area contributed by atoms with Crippen molar-refractivity contribution in [2.24, 2.45) is 5.10 Å². The van der Waals surface area contributed by atoms with Gasteiger partial charge in [-0.2, -0.15) is 5.10 Å². The molecule has 1 atom stereocenters. The van der Waals surface area contributed by atoms with E-state index in [1.54, 1.807) is 0 Å². The molecule has 4 aliphatic rings. The maximum atomic E-state index is 6.29. The maximum absolute atomic E-state index is 6.29. The van der Waals surface area contributed by atoms with Crippen molar-refractivity contribution >= 4 is 17.9 Å². The highest BCUT2D eigenvalue weighted by Gasteiger charge is 2.36. The second-order valence-corrected chi connectivity index (χ2v) is 8.86. The first kappa shape index (κ1) is 18.7. The van der Waals surface area contributed by atoms with Crippen LogP contribution >= 0.6 is 11.6 Å². The van der Waals surface area contributed by atoms with Gasteiger partial charge in [0.1, 0.15) is 18.0 Å². The van der Waals surface area contributed by atoms with Crippen LogP contribution in [0, 0.1) is 6.92 Å². The number of aryl methyl sites for hydroxylation is 1. The fraction of sp³-hybridized carbons (Fsp3) is 0.500. The molecule has 0 amide bonds. The number of hydrogen-bond donors (Lipinski definition) is 1. The molecule has 0 spiro atoms. The zero-order chi connectivity index (χ0) is 20.0. The Morgan fingerprint density at radius 3 is 2.79 bits per heavy atom. The molecule has 0 bridgehead atoms. The van der Waals surface area contributed by atoms with Crippen LogP contribution in [-0.2, 0) is 0 Å². The quantitative estimate of drug-likeness (QED) is 0.786. The lowest BCUT2D eigenvalue weighted by atomic mass is 9.83. The Morgan fingerprint density at radius 1 is 1.17 bits per heavy atom. The third-order valence-corrected chi connectivity index (χ3v) is 6.91. The Labute approximate surface area is 177 Å². The molecule has 1 fully saturated rings. The zero-order valence-electron chi connectivity index (χ0n) is 17.0. The van der Waals surface area contributed by atoms with E-state index in [0.29, 0.717) is 12.0 Å². The highest BCUT2D eigenvalue weighted by atomic mass is 35.5. The molecule has 3 heterocycles. The predicted molar refractivity (Wildman–Crippen MR) is 115 cm³/mol. The van der Waals surface area contributed by atoms with Crippen molar-refractivity contribution in [3.05, 3.63) is 58.2 Å². The SMILES string of the molecule is Cc1nccc([C@H]2CC[C@H](N3N=CN4C3=CNC3=C(CCC(Cl)=C3)C4C)CC2)n1. The molecule has 1 N–H and O–H groups in total. The Kier molecular flexibility index (Phi) is 4.82. The largest absolute Gasteiger partial charge is 0.358 e. The van der Waals surface area contributed by atoms with Crippen molar-refractivity contribution in [1.82, 2.24) is 25.2 Å². The van der Waals surface area contributed by atoms with Gasteiger partial charge in [-0.25, -0.2) is 15.0 Å². The van der Waals surface area contributed by atoms with E-state index in [0.717, 1.165) is 60.9 Å².